The van der Waals surface area contributed by atoms with Gasteiger partial charge in [0.25, 0.3) is 0 Å². The predicted octanol–water partition coefficient (Wildman–Crippen LogP) is 2.88. The summed E-state index contributed by atoms with van der Waals surface area (Å²) in [5.74, 6) is -0.359. The van der Waals surface area contributed by atoms with E-state index in [1.165, 1.54) is 18.2 Å². The smallest absolute Gasteiger partial charge is 0.335 e. The molecular formula is C13H10O4. The molecule has 0 aliphatic carbocycles. The van der Waals surface area contributed by atoms with Crippen LogP contribution in [0.15, 0.2) is 48.5 Å². The van der Waals surface area contributed by atoms with Crippen molar-refractivity contribution in [2.24, 2.45) is 0 Å². The summed E-state index contributed by atoms with van der Waals surface area (Å²) in [7, 11) is 0. The Labute approximate surface area is 97.7 Å². The minimum absolute atomic E-state index is 0.00762. The minimum atomic E-state index is -1.02. The summed E-state index contributed by atoms with van der Waals surface area (Å²) in [5, 5.41) is 18.3. The quantitative estimate of drug-likeness (QED) is 0.850. The fourth-order valence-corrected chi connectivity index (χ4v) is 1.36. The Morgan fingerprint density at radius 2 is 1.82 bits per heavy atom. The number of aromatic hydroxyl groups is 1. The molecule has 0 heterocycles. The molecule has 2 N–H and O–H groups in total. The normalized spacial score (nSPS) is 9.88. The molecule has 0 fully saturated rings. The van der Waals surface area contributed by atoms with Crippen LogP contribution >= 0.6 is 0 Å². The third-order valence-corrected chi connectivity index (χ3v) is 2.17. The summed E-state index contributed by atoms with van der Waals surface area (Å²) < 4.78 is 5.39. The molecule has 0 aliphatic rings. The van der Waals surface area contributed by atoms with E-state index in [1.54, 1.807) is 30.3 Å². The SMILES string of the molecule is O=C(O)c1cccc(Oc2ccccc2O)c1. The molecule has 0 spiro atoms. The number of carboxylic acids is 1. The van der Waals surface area contributed by atoms with Gasteiger partial charge in [-0.15, -0.1) is 0 Å². The topological polar surface area (TPSA) is 66.8 Å². The highest BCUT2D eigenvalue weighted by Gasteiger charge is 2.06. The van der Waals surface area contributed by atoms with E-state index in [0.717, 1.165) is 0 Å². The molecule has 0 saturated carbocycles. The minimum Gasteiger partial charge on any atom is -0.504 e. The number of aromatic carboxylic acids is 1. The second-order valence-corrected chi connectivity index (χ2v) is 3.40. The predicted molar refractivity (Wildman–Crippen MR) is 61.6 cm³/mol. The Balaban J connectivity index is 2.28. The molecule has 0 radical (unpaired) electrons. The van der Waals surface area contributed by atoms with Gasteiger partial charge in [0, 0.05) is 0 Å². The summed E-state index contributed by atoms with van der Waals surface area (Å²) in [6.07, 6.45) is 0. The van der Waals surface area contributed by atoms with E-state index in [2.05, 4.69) is 0 Å². The van der Waals surface area contributed by atoms with E-state index in [4.69, 9.17) is 9.84 Å². The number of para-hydroxylation sites is 2. The summed E-state index contributed by atoms with van der Waals surface area (Å²) in [6, 6.07) is 12.6. The number of rotatable bonds is 3. The maximum atomic E-state index is 10.8. The number of carbonyl (C=O) groups is 1. The van der Waals surface area contributed by atoms with Gasteiger partial charge in [0.05, 0.1) is 5.56 Å². The van der Waals surface area contributed by atoms with Gasteiger partial charge in [-0.05, 0) is 30.3 Å². The second-order valence-electron chi connectivity index (χ2n) is 3.40. The highest BCUT2D eigenvalue weighted by molar-refractivity contribution is 5.88. The van der Waals surface area contributed by atoms with E-state index in [1.807, 2.05) is 0 Å². The molecule has 0 atom stereocenters. The standard InChI is InChI=1S/C13H10O4/c14-11-6-1-2-7-12(11)17-10-5-3-4-9(8-10)13(15)16/h1-8,14H,(H,15,16). The Hall–Kier alpha value is -2.49. The van der Waals surface area contributed by atoms with Crippen LogP contribution in [0.5, 0.6) is 17.2 Å². The van der Waals surface area contributed by atoms with Crippen molar-refractivity contribution >= 4 is 5.97 Å². The summed E-state index contributed by atoms with van der Waals surface area (Å²) in [6.45, 7) is 0. The van der Waals surface area contributed by atoms with Gasteiger partial charge in [-0.25, -0.2) is 4.79 Å². The lowest BCUT2D eigenvalue weighted by molar-refractivity contribution is 0.0696. The molecule has 2 aromatic carbocycles. The van der Waals surface area contributed by atoms with Crippen molar-refractivity contribution in [2.75, 3.05) is 0 Å². The van der Waals surface area contributed by atoms with Crippen LogP contribution in [0.4, 0.5) is 0 Å². The third kappa shape index (κ3) is 2.55. The van der Waals surface area contributed by atoms with Crippen molar-refractivity contribution in [1.82, 2.24) is 0 Å². The van der Waals surface area contributed by atoms with Crippen LogP contribution in [0.25, 0.3) is 0 Å². The van der Waals surface area contributed by atoms with Crippen LogP contribution in [-0.4, -0.2) is 16.2 Å². The highest BCUT2D eigenvalue weighted by atomic mass is 16.5. The van der Waals surface area contributed by atoms with E-state index in [9.17, 15) is 9.90 Å². The van der Waals surface area contributed by atoms with Crippen LogP contribution in [0.2, 0.25) is 0 Å². The molecule has 4 nitrogen and oxygen atoms in total. The number of hydrogen-bond acceptors (Lipinski definition) is 3. The largest absolute Gasteiger partial charge is 0.504 e. The molecule has 0 amide bonds. The van der Waals surface area contributed by atoms with E-state index in [0.29, 0.717) is 5.75 Å². The number of benzene rings is 2. The number of ether oxygens (including phenoxy) is 1. The molecule has 4 heteroatoms. The van der Waals surface area contributed by atoms with Crippen LogP contribution < -0.4 is 4.74 Å². The third-order valence-electron chi connectivity index (χ3n) is 2.17. The molecular weight excluding hydrogens is 220 g/mol. The number of carboxylic acid groups (broad SMARTS) is 1. The molecule has 86 valence electrons. The number of phenols is 1. The first kappa shape index (κ1) is 11.0. The molecule has 0 unspecified atom stereocenters. The van der Waals surface area contributed by atoms with Gasteiger partial charge in [0.1, 0.15) is 5.75 Å². The lowest BCUT2D eigenvalue weighted by Gasteiger charge is -2.07. The second kappa shape index (κ2) is 4.57. The zero-order valence-corrected chi connectivity index (χ0v) is 8.83. The van der Waals surface area contributed by atoms with Gasteiger partial charge >= 0.3 is 5.97 Å². The molecule has 2 aromatic rings. The zero-order chi connectivity index (χ0) is 12.3. The van der Waals surface area contributed by atoms with Gasteiger partial charge in [-0.2, -0.15) is 0 Å². The molecule has 2 rings (SSSR count). The summed E-state index contributed by atoms with van der Waals surface area (Å²) in [5.41, 5.74) is 0.137. The van der Waals surface area contributed by atoms with Crippen LogP contribution in [0.3, 0.4) is 0 Å². The number of hydrogen-bond donors (Lipinski definition) is 2. The van der Waals surface area contributed by atoms with Gasteiger partial charge < -0.3 is 14.9 Å². The molecule has 0 aromatic heterocycles. The van der Waals surface area contributed by atoms with Crippen molar-refractivity contribution in [3.05, 3.63) is 54.1 Å². The maximum absolute atomic E-state index is 10.8. The summed E-state index contributed by atoms with van der Waals surface area (Å²) >= 11 is 0. The van der Waals surface area contributed by atoms with Crippen molar-refractivity contribution in [1.29, 1.82) is 0 Å². The van der Waals surface area contributed by atoms with Gasteiger partial charge in [-0.3, -0.25) is 0 Å². The van der Waals surface area contributed by atoms with E-state index >= 15 is 0 Å². The van der Waals surface area contributed by atoms with Crippen molar-refractivity contribution in [3.8, 4) is 17.2 Å². The first-order valence-electron chi connectivity index (χ1n) is 4.96. The van der Waals surface area contributed by atoms with Gasteiger partial charge in [0.2, 0.25) is 0 Å². The Morgan fingerprint density at radius 1 is 1.06 bits per heavy atom. The van der Waals surface area contributed by atoms with Crippen LogP contribution in [0.1, 0.15) is 10.4 Å². The zero-order valence-electron chi connectivity index (χ0n) is 8.83. The Bertz CT molecular complexity index is 549. The van der Waals surface area contributed by atoms with E-state index < -0.39 is 5.97 Å². The van der Waals surface area contributed by atoms with Crippen molar-refractivity contribution in [3.63, 3.8) is 0 Å². The molecule has 0 saturated heterocycles. The lowest BCUT2D eigenvalue weighted by Crippen LogP contribution is -1.96. The van der Waals surface area contributed by atoms with E-state index in [-0.39, 0.29) is 17.1 Å². The van der Waals surface area contributed by atoms with Gasteiger partial charge in [-0.1, -0.05) is 18.2 Å². The lowest BCUT2D eigenvalue weighted by atomic mass is 10.2. The van der Waals surface area contributed by atoms with Crippen molar-refractivity contribution < 1.29 is 19.7 Å². The summed E-state index contributed by atoms with van der Waals surface area (Å²) in [4.78, 5) is 10.8. The van der Waals surface area contributed by atoms with Crippen molar-refractivity contribution in [2.45, 2.75) is 0 Å². The van der Waals surface area contributed by atoms with Crippen LogP contribution in [-0.2, 0) is 0 Å². The Morgan fingerprint density at radius 3 is 2.53 bits per heavy atom. The molecule has 0 aliphatic heterocycles. The molecule has 0 bridgehead atoms. The number of phenolic OH excluding ortho intramolecular Hbond substituents is 1. The highest BCUT2D eigenvalue weighted by Crippen LogP contribution is 2.30. The first-order valence-corrected chi connectivity index (χ1v) is 4.96. The van der Waals surface area contributed by atoms with Gasteiger partial charge in [0.15, 0.2) is 11.5 Å². The van der Waals surface area contributed by atoms with Crippen LogP contribution in [0, 0.1) is 0 Å². The first-order chi connectivity index (χ1) is 8.16. The Kier molecular flexibility index (Phi) is 2.96. The average molecular weight is 230 g/mol. The molecule has 17 heavy (non-hydrogen) atoms. The fourth-order valence-electron chi connectivity index (χ4n) is 1.36. The monoisotopic (exact) mass is 230 g/mol. The fraction of sp³-hybridized carbons (Fsp3) is 0. The maximum Gasteiger partial charge on any atom is 0.335 e. The average Bonchev–Trinajstić information content (AvgIpc) is 2.32.